The molecule has 2 aromatic carbocycles. The summed E-state index contributed by atoms with van der Waals surface area (Å²) in [5.74, 6) is 6.80. The van der Waals surface area contributed by atoms with Crippen LogP contribution in [0.25, 0.3) is 0 Å². The van der Waals surface area contributed by atoms with E-state index >= 15 is 0 Å². The molecule has 90 valence electrons. The molecule has 2 rings (SSSR count). The van der Waals surface area contributed by atoms with Gasteiger partial charge in [0, 0.05) is 16.5 Å². The molecule has 0 N–H and O–H groups in total. The molecule has 2 aromatic rings. The van der Waals surface area contributed by atoms with Crippen LogP contribution >= 0.6 is 11.6 Å². The Hall–Kier alpha value is -1.71. The van der Waals surface area contributed by atoms with Crippen LogP contribution in [0.5, 0.6) is 0 Å². The Bertz CT molecular complexity index is 561. The largest absolute Gasteiger partial charge is 0.0897 e. The quantitative estimate of drug-likeness (QED) is 0.670. The Morgan fingerprint density at radius 3 is 2.50 bits per heavy atom. The lowest BCUT2D eigenvalue weighted by atomic mass is 9.97. The molecule has 0 aliphatic heterocycles. The van der Waals surface area contributed by atoms with E-state index in [-0.39, 0.29) is 5.92 Å². The molecule has 0 saturated heterocycles. The van der Waals surface area contributed by atoms with Crippen molar-refractivity contribution < 1.29 is 0 Å². The standard InChI is InChI=1S/C17H15Cl/c1-2-15(16-8-4-3-5-9-16)12-11-14-7-6-10-17(18)13-14/h3-10,13,15H,2H2,1H3/t15-/m0/s1. The highest BCUT2D eigenvalue weighted by Gasteiger charge is 2.04. The average molecular weight is 255 g/mol. The van der Waals surface area contributed by atoms with Crippen LogP contribution in [0.2, 0.25) is 5.02 Å². The third kappa shape index (κ3) is 3.39. The van der Waals surface area contributed by atoms with Crippen molar-refractivity contribution in [1.82, 2.24) is 0 Å². The van der Waals surface area contributed by atoms with E-state index in [1.165, 1.54) is 5.56 Å². The maximum absolute atomic E-state index is 5.94. The first-order valence-corrected chi connectivity index (χ1v) is 6.49. The summed E-state index contributed by atoms with van der Waals surface area (Å²) in [5.41, 5.74) is 2.24. The van der Waals surface area contributed by atoms with Gasteiger partial charge < -0.3 is 0 Å². The van der Waals surface area contributed by atoms with Crippen LogP contribution in [0.15, 0.2) is 54.6 Å². The van der Waals surface area contributed by atoms with Crippen LogP contribution in [0.4, 0.5) is 0 Å². The normalized spacial score (nSPS) is 11.4. The third-order valence-electron chi connectivity index (χ3n) is 2.83. The monoisotopic (exact) mass is 254 g/mol. The minimum Gasteiger partial charge on any atom is -0.0897 e. The van der Waals surface area contributed by atoms with E-state index in [0.29, 0.717) is 0 Å². The van der Waals surface area contributed by atoms with Gasteiger partial charge in [-0.3, -0.25) is 0 Å². The Labute approximate surface area is 114 Å². The van der Waals surface area contributed by atoms with Crippen LogP contribution in [0, 0.1) is 11.8 Å². The Morgan fingerprint density at radius 2 is 1.83 bits per heavy atom. The highest BCUT2D eigenvalue weighted by molar-refractivity contribution is 6.30. The van der Waals surface area contributed by atoms with Crippen LogP contribution in [-0.2, 0) is 0 Å². The van der Waals surface area contributed by atoms with Crippen LogP contribution in [0.3, 0.4) is 0 Å². The Kier molecular flexibility index (Phi) is 4.45. The van der Waals surface area contributed by atoms with Gasteiger partial charge in [-0.2, -0.15) is 0 Å². The lowest BCUT2D eigenvalue weighted by Crippen LogP contribution is -1.93. The molecule has 1 atom stereocenters. The van der Waals surface area contributed by atoms with Gasteiger partial charge in [0.15, 0.2) is 0 Å². The molecule has 0 amide bonds. The van der Waals surface area contributed by atoms with E-state index in [0.717, 1.165) is 17.0 Å². The van der Waals surface area contributed by atoms with Crippen LogP contribution in [-0.4, -0.2) is 0 Å². The van der Waals surface area contributed by atoms with E-state index in [1.807, 2.05) is 30.3 Å². The molecule has 0 aliphatic rings. The predicted molar refractivity (Wildman–Crippen MR) is 77.8 cm³/mol. The molecule has 0 heterocycles. The first-order chi connectivity index (χ1) is 8.79. The van der Waals surface area contributed by atoms with Gasteiger partial charge in [0.1, 0.15) is 0 Å². The summed E-state index contributed by atoms with van der Waals surface area (Å²) in [4.78, 5) is 0. The maximum atomic E-state index is 5.94. The summed E-state index contributed by atoms with van der Waals surface area (Å²) in [6.45, 7) is 2.16. The topological polar surface area (TPSA) is 0 Å². The summed E-state index contributed by atoms with van der Waals surface area (Å²) in [6, 6.07) is 18.1. The number of halogens is 1. The summed E-state index contributed by atoms with van der Waals surface area (Å²) < 4.78 is 0. The molecule has 0 aromatic heterocycles. The molecule has 0 spiro atoms. The summed E-state index contributed by atoms with van der Waals surface area (Å²) in [6.07, 6.45) is 1.01. The van der Waals surface area contributed by atoms with Crippen molar-refractivity contribution in [1.29, 1.82) is 0 Å². The fourth-order valence-electron chi connectivity index (χ4n) is 1.84. The first kappa shape index (κ1) is 12.7. The van der Waals surface area contributed by atoms with Crippen LogP contribution < -0.4 is 0 Å². The number of hydrogen-bond donors (Lipinski definition) is 0. The molecular weight excluding hydrogens is 240 g/mol. The van der Waals surface area contributed by atoms with Gasteiger partial charge in [0.05, 0.1) is 0 Å². The predicted octanol–water partition coefficient (Wildman–Crippen LogP) is 4.89. The zero-order chi connectivity index (χ0) is 12.8. The van der Waals surface area contributed by atoms with Gasteiger partial charge >= 0.3 is 0 Å². The van der Waals surface area contributed by atoms with E-state index < -0.39 is 0 Å². The van der Waals surface area contributed by atoms with Gasteiger partial charge in [-0.25, -0.2) is 0 Å². The third-order valence-corrected chi connectivity index (χ3v) is 3.06. The summed E-state index contributed by atoms with van der Waals surface area (Å²) >= 11 is 5.94. The first-order valence-electron chi connectivity index (χ1n) is 6.11. The molecular formula is C17H15Cl. The number of rotatable bonds is 2. The van der Waals surface area contributed by atoms with Gasteiger partial charge in [0.25, 0.3) is 0 Å². The SMILES string of the molecule is CC[C@@H](C#Cc1cccc(Cl)c1)c1ccccc1. The van der Waals surface area contributed by atoms with Crippen molar-refractivity contribution >= 4 is 11.6 Å². The molecule has 1 heteroatoms. The second-order valence-electron chi connectivity index (χ2n) is 4.15. The maximum Gasteiger partial charge on any atom is 0.0453 e. The van der Waals surface area contributed by atoms with Gasteiger partial charge in [-0.05, 0) is 30.2 Å². The molecule has 0 unspecified atom stereocenters. The van der Waals surface area contributed by atoms with Crippen molar-refractivity contribution in [2.24, 2.45) is 0 Å². The van der Waals surface area contributed by atoms with E-state index in [9.17, 15) is 0 Å². The van der Waals surface area contributed by atoms with E-state index in [2.05, 4.69) is 43.0 Å². The van der Waals surface area contributed by atoms with E-state index in [1.54, 1.807) is 0 Å². The van der Waals surface area contributed by atoms with Crippen molar-refractivity contribution in [2.45, 2.75) is 19.3 Å². The van der Waals surface area contributed by atoms with Crippen molar-refractivity contribution in [3.8, 4) is 11.8 Å². The molecule has 18 heavy (non-hydrogen) atoms. The Balaban J connectivity index is 2.22. The fourth-order valence-corrected chi connectivity index (χ4v) is 2.03. The fraction of sp³-hybridized carbons (Fsp3) is 0.176. The summed E-state index contributed by atoms with van der Waals surface area (Å²) in [7, 11) is 0. The highest BCUT2D eigenvalue weighted by atomic mass is 35.5. The minimum absolute atomic E-state index is 0.283. The van der Waals surface area contributed by atoms with Crippen molar-refractivity contribution in [2.75, 3.05) is 0 Å². The van der Waals surface area contributed by atoms with Gasteiger partial charge in [-0.1, -0.05) is 66.8 Å². The molecule has 0 nitrogen and oxygen atoms in total. The zero-order valence-electron chi connectivity index (χ0n) is 10.4. The molecule has 0 radical (unpaired) electrons. The zero-order valence-corrected chi connectivity index (χ0v) is 11.1. The summed E-state index contributed by atoms with van der Waals surface area (Å²) in [5, 5.41) is 0.731. The molecule has 0 aliphatic carbocycles. The second kappa shape index (κ2) is 6.28. The second-order valence-corrected chi connectivity index (χ2v) is 4.59. The lowest BCUT2D eigenvalue weighted by Gasteiger charge is -2.07. The Morgan fingerprint density at radius 1 is 1.06 bits per heavy atom. The number of hydrogen-bond acceptors (Lipinski definition) is 0. The minimum atomic E-state index is 0.283. The highest BCUT2D eigenvalue weighted by Crippen LogP contribution is 2.18. The smallest absolute Gasteiger partial charge is 0.0453 e. The van der Waals surface area contributed by atoms with E-state index in [4.69, 9.17) is 11.6 Å². The molecule has 0 bridgehead atoms. The average Bonchev–Trinajstić information content (AvgIpc) is 2.41. The lowest BCUT2D eigenvalue weighted by molar-refractivity contribution is 0.830. The molecule has 0 fully saturated rings. The van der Waals surface area contributed by atoms with Crippen molar-refractivity contribution in [3.05, 3.63) is 70.7 Å². The van der Waals surface area contributed by atoms with Crippen LogP contribution in [0.1, 0.15) is 30.4 Å². The van der Waals surface area contributed by atoms with Gasteiger partial charge in [-0.15, -0.1) is 0 Å². The van der Waals surface area contributed by atoms with Crippen molar-refractivity contribution in [3.63, 3.8) is 0 Å². The molecule has 0 saturated carbocycles. The van der Waals surface area contributed by atoms with Gasteiger partial charge in [0.2, 0.25) is 0 Å². The number of benzene rings is 2.